The molecule has 0 saturated carbocycles. The topological polar surface area (TPSA) is 93.7 Å². The van der Waals surface area contributed by atoms with E-state index in [1.807, 2.05) is 6.07 Å². The van der Waals surface area contributed by atoms with Crippen molar-refractivity contribution in [1.29, 1.82) is 0 Å². The van der Waals surface area contributed by atoms with Crippen molar-refractivity contribution >= 4 is 18.0 Å². The number of hydrogen-bond acceptors (Lipinski definition) is 5. The number of alkyl carbamates (subject to hydrolysis) is 1. The number of benzene rings is 3. The van der Waals surface area contributed by atoms with Gasteiger partial charge < -0.3 is 20.1 Å². The normalized spacial score (nSPS) is 12.6. The number of rotatable bonds is 11. The molecule has 38 heavy (non-hydrogen) atoms. The van der Waals surface area contributed by atoms with Gasteiger partial charge in [-0.25, -0.2) is 9.59 Å². The average Bonchev–Trinajstić information content (AvgIpc) is 2.91. The Hall–Kier alpha value is -4.34. The van der Waals surface area contributed by atoms with E-state index < -0.39 is 42.8 Å². The lowest BCUT2D eigenvalue weighted by molar-refractivity contribution is -0.187. The van der Waals surface area contributed by atoms with E-state index in [0.717, 1.165) is 5.56 Å². The summed E-state index contributed by atoms with van der Waals surface area (Å²) in [7, 11) is 0. The molecule has 3 aromatic rings. The van der Waals surface area contributed by atoms with Gasteiger partial charge in [0.05, 0.1) is 0 Å². The van der Waals surface area contributed by atoms with Crippen LogP contribution in [0.2, 0.25) is 0 Å². The van der Waals surface area contributed by atoms with Crippen LogP contribution in [0.5, 0.6) is 0 Å². The van der Waals surface area contributed by atoms with Crippen molar-refractivity contribution in [3.8, 4) is 0 Å². The molecule has 3 rings (SSSR count). The first kappa shape index (κ1) is 28.2. The number of carbonyl (C=O) groups excluding carboxylic acids is 3. The predicted molar refractivity (Wildman–Crippen MR) is 133 cm³/mol. The Balaban J connectivity index is 1.74. The Bertz CT molecular complexity index is 1180. The Morgan fingerprint density at radius 2 is 1.13 bits per heavy atom. The Morgan fingerprint density at radius 3 is 1.63 bits per heavy atom. The molecule has 0 bridgehead atoms. The van der Waals surface area contributed by atoms with Crippen molar-refractivity contribution in [1.82, 2.24) is 10.6 Å². The van der Waals surface area contributed by atoms with Gasteiger partial charge in [-0.2, -0.15) is 13.2 Å². The number of nitrogens with one attached hydrogen (secondary N) is 2. The maximum Gasteiger partial charge on any atom is 0.422 e. The Kier molecular flexibility index (Phi) is 10.3. The van der Waals surface area contributed by atoms with Gasteiger partial charge >= 0.3 is 18.2 Å². The minimum atomic E-state index is -4.73. The zero-order chi connectivity index (χ0) is 27.4. The van der Waals surface area contributed by atoms with Crippen LogP contribution in [0.25, 0.3) is 0 Å². The molecular weight excluding hydrogens is 501 g/mol. The minimum absolute atomic E-state index is 0.0350. The Labute approximate surface area is 218 Å². The molecule has 0 aliphatic heterocycles. The third-order valence-electron chi connectivity index (χ3n) is 5.37. The van der Waals surface area contributed by atoms with E-state index in [2.05, 4.69) is 15.4 Å². The van der Waals surface area contributed by atoms with Crippen molar-refractivity contribution in [2.45, 2.75) is 37.7 Å². The first-order valence-electron chi connectivity index (χ1n) is 11.8. The highest BCUT2D eigenvalue weighted by Crippen LogP contribution is 2.16. The summed E-state index contributed by atoms with van der Waals surface area (Å²) < 4.78 is 47.6. The molecule has 0 aliphatic carbocycles. The quantitative estimate of drug-likeness (QED) is 0.361. The van der Waals surface area contributed by atoms with Crippen LogP contribution in [0.15, 0.2) is 91.0 Å². The fourth-order valence-corrected chi connectivity index (χ4v) is 3.54. The molecule has 10 heteroatoms. The van der Waals surface area contributed by atoms with Crippen LogP contribution in [0.4, 0.5) is 18.0 Å². The van der Waals surface area contributed by atoms with E-state index >= 15 is 0 Å². The van der Waals surface area contributed by atoms with Crippen LogP contribution in [0.1, 0.15) is 16.7 Å². The van der Waals surface area contributed by atoms with Crippen molar-refractivity contribution in [3.05, 3.63) is 108 Å². The highest BCUT2D eigenvalue weighted by Gasteiger charge is 2.33. The second-order valence-corrected chi connectivity index (χ2v) is 8.42. The molecule has 200 valence electrons. The van der Waals surface area contributed by atoms with Gasteiger partial charge in [0.25, 0.3) is 0 Å². The number of hydrogen-bond donors (Lipinski definition) is 2. The largest absolute Gasteiger partial charge is 0.454 e. The lowest BCUT2D eigenvalue weighted by Crippen LogP contribution is -2.53. The molecule has 0 radical (unpaired) electrons. The number of halogens is 3. The van der Waals surface area contributed by atoms with E-state index in [0.29, 0.717) is 11.1 Å². The van der Waals surface area contributed by atoms with Crippen LogP contribution in [-0.2, 0) is 38.5 Å². The number of carbonyl (C=O) groups is 3. The van der Waals surface area contributed by atoms with E-state index in [1.54, 1.807) is 84.9 Å². The standard InChI is InChI=1S/C28H27F3N2O5/c29-28(30,31)19-38-26(35)24(17-21-12-6-2-7-13-21)32-25(34)23(16-20-10-4-1-5-11-20)33-27(36)37-18-22-14-8-3-9-15-22/h1-15,23-24H,16-19H2,(H,32,34)(H,33,36)/t23-,24-/m0/s1. The van der Waals surface area contributed by atoms with Crippen molar-refractivity contribution in [2.24, 2.45) is 0 Å². The zero-order valence-electron chi connectivity index (χ0n) is 20.3. The molecule has 0 saturated heterocycles. The molecular formula is C28H27F3N2O5. The lowest BCUT2D eigenvalue weighted by atomic mass is 10.0. The summed E-state index contributed by atoms with van der Waals surface area (Å²) in [4.78, 5) is 38.3. The molecule has 0 heterocycles. The molecule has 0 aliphatic rings. The number of alkyl halides is 3. The Morgan fingerprint density at radius 1 is 0.658 bits per heavy atom. The highest BCUT2D eigenvalue weighted by atomic mass is 19.4. The maximum absolute atomic E-state index is 13.3. The van der Waals surface area contributed by atoms with Gasteiger partial charge in [-0.1, -0.05) is 91.0 Å². The van der Waals surface area contributed by atoms with Gasteiger partial charge in [0.1, 0.15) is 18.7 Å². The van der Waals surface area contributed by atoms with Gasteiger partial charge in [-0.05, 0) is 16.7 Å². The highest BCUT2D eigenvalue weighted by molar-refractivity contribution is 5.90. The summed E-state index contributed by atoms with van der Waals surface area (Å²) in [5, 5.41) is 4.94. The summed E-state index contributed by atoms with van der Waals surface area (Å²) in [6.45, 7) is -1.82. The summed E-state index contributed by atoms with van der Waals surface area (Å²) in [6.07, 6.45) is -5.66. The van der Waals surface area contributed by atoms with Crippen LogP contribution < -0.4 is 10.6 Å². The molecule has 2 atom stereocenters. The summed E-state index contributed by atoms with van der Waals surface area (Å²) in [5.41, 5.74) is 2.04. The second-order valence-electron chi connectivity index (χ2n) is 8.42. The lowest BCUT2D eigenvalue weighted by Gasteiger charge is -2.23. The monoisotopic (exact) mass is 528 g/mol. The van der Waals surface area contributed by atoms with E-state index in [9.17, 15) is 27.6 Å². The van der Waals surface area contributed by atoms with Gasteiger partial charge in [0.2, 0.25) is 5.91 Å². The summed E-state index contributed by atoms with van der Waals surface area (Å²) in [6, 6.07) is 23.5. The molecule has 3 aromatic carbocycles. The van der Waals surface area contributed by atoms with E-state index in [-0.39, 0.29) is 19.4 Å². The average molecular weight is 529 g/mol. The van der Waals surface area contributed by atoms with Crippen molar-refractivity contribution in [2.75, 3.05) is 6.61 Å². The van der Waals surface area contributed by atoms with Gasteiger partial charge in [0, 0.05) is 12.8 Å². The summed E-state index contributed by atoms with van der Waals surface area (Å²) >= 11 is 0. The van der Waals surface area contributed by atoms with Gasteiger partial charge in [0.15, 0.2) is 6.61 Å². The van der Waals surface area contributed by atoms with Crippen LogP contribution in [0, 0.1) is 0 Å². The van der Waals surface area contributed by atoms with Gasteiger partial charge in [-0.3, -0.25) is 4.79 Å². The van der Waals surface area contributed by atoms with Gasteiger partial charge in [-0.15, -0.1) is 0 Å². The SMILES string of the molecule is O=C(N[C@@H](Cc1ccccc1)C(=O)N[C@@H](Cc1ccccc1)C(=O)OCC(F)(F)F)OCc1ccccc1. The first-order chi connectivity index (χ1) is 18.2. The van der Waals surface area contributed by atoms with Crippen LogP contribution in [-0.4, -0.2) is 42.8 Å². The second kappa shape index (κ2) is 13.8. The van der Waals surface area contributed by atoms with E-state index in [1.165, 1.54) is 0 Å². The van der Waals surface area contributed by atoms with E-state index in [4.69, 9.17) is 4.74 Å². The molecule has 0 spiro atoms. The van der Waals surface area contributed by atoms with Crippen LogP contribution in [0.3, 0.4) is 0 Å². The fourth-order valence-electron chi connectivity index (χ4n) is 3.54. The predicted octanol–water partition coefficient (Wildman–Crippen LogP) is 4.36. The van der Waals surface area contributed by atoms with Crippen molar-refractivity contribution in [3.63, 3.8) is 0 Å². The third-order valence-corrected chi connectivity index (χ3v) is 5.37. The third kappa shape index (κ3) is 9.96. The zero-order valence-corrected chi connectivity index (χ0v) is 20.3. The molecule has 0 unspecified atom stereocenters. The number of ether oxygens (including phenoxy) is 2. The summed E-state index contributed by atoms with van der Waals surface area (Å²) in [5.74, 6) is -2.03. The molecule has 2 amide bonds. The van der Waals surface area contributed by atoms with Crippen molar-refractivity contribution < 1.29 is 37.0 Å². The molecule has 7 nitrogen and oxygen atoms in total. The smallest absolute Gasteiger partial charge is 0.422 e. The molecule has 2 N–H and O–H groups in total. The molecule has 0 aromatic heterocycles. The number of amides is 2. The number of esters is 1. The first-order valence-corrected chi connectivity index (χ1v) is 11.8. The van der Waals surface area contributed by atoms with Crippen LogP contribution >= 0.6 is 0 Å². The minimum Gasteiger partial charge on any atom is -0.454 e. The fraction of sp³-hybridized carbons (Fsp3) is 0.250. The maximum atomic E-state index is 13.3. The molecule has 0 fully saturated rings.